The second-order valence-electron chi connectivity index (χ2n) is 3.86. The molecule has 0 bridgehead atoms. The number of nitrogens with zero attached hydrogens (tertiary/aromatic N) is 2. The summed E-state index contributed by atoms with van der Waals surface area (Å²) in [6.07, 6.45) is 3.07. The third-order valence-electron chi connectivity index (χ3n) is 2.78. The predicted molar refractivity (Wildman–Crippen MR) is 54.9 cm³/mol. The van der Waals surface area contributed by atoms with Gasteiger partial charge in [0.05, 0.1) is 18.8 Å². The maximum absolute atomic E-state index is 12.1. The molecule has 2 N–H and O–H groups in total. The summed E-state index contributed by atoms with van der Waals surface area (Å²) < 4.78 is 6.75. The van der Waals surface area contributed by atoms with E-state index in [0.717, 1.165) is 12.8 Å². The molecule has 5 heteroatoms. The van der Waals surface area contributed by atoms with Crippen LogP contribution in [0, 0.1) is 0 Å². The van der Waals surface area contributed by atoms with Gasteiger partial charge in [0.1, 0.15) is 5.69 Å². The molecule has 1 fully saturated rings. The average Bonchev–Trinajstić information content (AvgIpc) is 2.85. The number of aryl methyl sites for hydroxylation is 1. The number of hydrogen-bond donors (Lipinski definition) is 1. The Morgan fingerprint density at radius 1 is 1.73 bits per heavy atom. The highest BCUT2D eigenvalue weighted by Gasteiger charge is 2.48. The minimum Gasteiger partial charge on any atom is -0.493 e. The Labute approximate surface area is 88.2 Å². The summed E-state index contributed by atoms with van der Waals surface area (Å²) in [5.74, 6) is 0.456. The van der Waals surface area contributed by atoms with Crippen LogP contribution in [-0.2, 0) is 6.54 Å². The van der Waals surface area contributed by atoms with E-state index < -0.39 is 5.54 Å². The molecule has 1 aromatic heterocycles. The number of methoxy groups -OCH3 is 1. The van der Waals surface area contributed by atoms with Gasteiger partial charge in [-0.3, -0.25) is 9.48 Å². The fraction of sp³-hybridized carbons (Fsp3) is 0.600. The third-order valence-corrected chi connectivity index (χ3v) is 2.78. The molecule has 2 rings (SSSR count). The summed E-state index contributed by atoms with van der Waals surface area (Å²) >= 11 is 0. The van der Waals surface area contributed by atoms with Gasteiger partial charge in [0.25, 0.3) is 0 Å². The fourth-order valence-electron chi connectivity index (χ4n) is 1.58. The zero-order valence-corrected chi connectivity index (χ0v) is 8.99. The highest BCUT2D eigenvalue weighted by molar-refractivity contribution is 6.05. The Kier molecular flexibility index (Phi) is 2.26. The largest absolute Gasteiger partial charge is 0.493 e. The summed E-state index contributed by atoms with van der Waals surface area (Å²) in [5, 5.41) is 4.08. The van der Waals surface area contributed by atoms with Crippen molar-refractivity contribution in [3.8, 4) is 5.75 Å². The molecular weight excluding hydrogens is 194 g/mol. The van der Waals surface area contributed by atoms with Crippen molar-refractivity contribution in [2.45, 2.75) is 31.8 Å². The number of nitrogens with two attached hydrogens (primary N) is 1. The maximum Gasteiger partial charge on any atom is 0.204 e. The summed E-state index contributed by atoms with van der Waals surface area (Å²) in [6.45, 7) is 2.57. The molecule has 15 heavy (non-hydrogen) atoms. The average molecular weight is 209 g/mol. The number of carbonyl (C=O) groups excluding carboxylic acids is 1. The van der Waals surface area contributed by atoms with E-state index >= 15 is 0 Å². The van der Waals surface area contributed by atoms with Crippen LogP contribution in [0.25, 0.3) is 0 Å². The van der Waals surface area contributed by atoms with Crippen molar-refractivity contribution in [3.05, 3.63) is 11.9 Å². The molecule has 5 nitrogen and oxygen atoms in total. The Hall–Kier alpha value is -1.36. The Bertz CT molecular complexity index is 372. The third kappa shape index (κ3) is 1.52. The number of ketones is 1. The minimum atomic E-state index is -0.666. The second-order valence-corrected chi connectivity index (χ2v) is 3.86. The van der Waals surface area contributed by atoms with Gasteiger partial charge in [0.15, 0.2) is 5.75 Å². The summed E-state index contributed by atoms with van der Waals surface area (Å²) in [6, 6.07) is 0. The van der Waals surface area contributed by atoms with Crippen molar-refractivity contribution < 1.29 is 9.53 Å². The van der Waals surface area contributed by atoms with E-state index in [4.69, 9.17) is 10.5 Å². The highest BCUT2D eigenvalue weighted by Crippen LogP contribution is 2.37. The van der Waals surface area contributed by atoms with Crippen molar-refractivity contribution in [1.29, 1.82) is 0 Å². The van der Waals surface area contributed by atoms with Crippen LogP contribution in [0.5, 0.6) is 5.75 Å². The molecule has 0 amide bonds. The summed E-state index contributed by atoms with van der Waals surface area (Å²) in [4.78, 5) is 12.1. The van der Waals surface area contributed by atoms with E-state index in [-0.39, 0.29) is 5.78 Å². The van der Waals surface area contributed by atoms with Crippen LogP contribution in [0.4, 0.5) is 0 Å². The lowest BCUT2D eigenvalue weighted by Gasteiger charge is -2.10. The van der Waals surface area contributed by atoms with Crippen molar-refractivity contribution in [2.24, 2.45) is 5.73 Å². The quantitative estimate of drug-likeness (QED) is 0.736. The Morgan fingerprint density at radius 2 is 2.40 bits per heavy atom. The molecule has 0 radical (unpaired) electrons. The molecule has 0 saturated heterocycles. The molecule has 82 valence electrons. The minimum absolute atomic E-state index is 0.0568. The smallest absolute Gasteiger partial charge is 0.204 e. The molecule has 1 saturated carbocycles. The fourth-order valence-corrected chi connectivity index (χ4v) is 1.58. The lowest BCUT2D eigenvalue weighted by atomic mass is 10.1. The van der Waals surface area contributed by atoms with Gasteiger partial charge in [-0.15, -0.1) is 0 Å². The van der Waals surface area contributed by atoms with Gasteiger partial charge in [-0.25, -0.2) is 0 Å². The molecular formula is C10H15N3O2. The second kappa shape index (κ2) is 3.34. The van der Waals surface area contributed by atoms with Gasteiger partial charge in [0.2, 0.25) is 5.78 Å². The van der Waals surface area contributed by atoms with Gasteiger partial charge in [-0.1, -0.05) is 0 Å². The van der Waals surface area contributed by atoms with Crippen molar-refractivity contribution in [1.82, 2.24) is 9.78 Å². The van der Waals surface area contributed by atoms with E-state index in [1.54, 1.807) is 10.9 Å². The van der Waals surface area contributed by atoms with Crippen molar-refractivity contribution >= 4 is 5.78 Å². The lowest BCUT2D eigenvalue weighted by Crippen LogP contribution is -2.34. The van der Waals surface area contributed by atoms with Crippen LogP contribution >= 0.6 is 0 Å². The van der Waals surface area contributed by atoms with Crippen LogP contribution in [0.2, 0.25) is 0 Å². The zero-order valence-electron chi connectivity index (χ0n) is 8.99. The Morgan fingerprint density at radius 3 is 2.87 bits per heavy atom. The first-order valence-corrected chi connectivity index (χ1v) is 5.06. The van der Waals surface area contributed by atoms with Gasteiger partial charge in [0, 0.05) is 6.54 Å². The SMILES string of the molecule is CCn1ncc(OC)c1C(=O)C1(N)CC1. The molecule has 0 spiro atoms. The summed E-state index contributed by atoms with van der Waals surface area (Å²) in [7, 11) is 1.53. The zero-order chi connectivity index (χ0) is 11.1. The van der Waals surface area contributed by atoms with Gasteiger partial charge < -0.3 is 10.5 Å². The van der Waals surface area contributed by atoms with Crippen LogP contribution in [-0.4, -0.2) is 28.2 Å². The molecule has 1 aliphatic carbocycles. The predicted octanol–water partition coefficient (Wildman–Crippen LogP) is 0.586. The number of aromatic nitrogens is 2. The van der Waals surface area contributed by atoms with E-state index in [0.29, 0.717) is 18.0 Å². The number of ether oxygens (including phenoxy) is 1. The normalized spacial score (nSPS) is 17.5. The van der Waals surface area contributed by atoms with Crippen LogP contribution < -0.4 is 10.5 Å². The van der Waals surface area contributed by atoms with E-state index in [1.165, 1.54) is 7.11 Å². The standard InChI is InChI=1S/C10H15N3O2/c1-3-13-8(7(15-2)6-12-13)9(14)10(11)4-5-10/h6H,3-5,11H2,1-2H3. The molecule has 1 heterocycles. The first kappa shape index (κ1) is 10.2. The summed E-state index contributed by atoms with van der Waals surface area (Å²) in [5.41, 5.74) is 5.72. The van der Waals surface area contributed by atoms with Crippen molar-refractivity contribution in [3.63, 3.8) is 0 Å². The number of carbonyl (C=O) groups is 1. The number of rotatable bonds is 4. The maximum atomic E-state index is 12.1. The molecule has 0 aromatic carbocycles. The molecule has 0 unspecified atom stereocenters. The van der Waals surface area contributed by atoms with Crippen molar-refractivity contribution in [2.75, 3.05) is 7.11 Å². The first-order valence-electron chi connectivity index (χ1n) is 5.06. The van der Waals surface area contributed by atoms with Gasteiger partial charge in [-0.2, -0.15) is 5.10 Å². The molecule has 1 aromatic rings. The van der Waals surface area contributed by atoms with Crippen LogP contribution in [0.1, 0.15) is 30.3 Å². The molecule has 0 aliphatic heterocycles. The van der Waals surface area contributed by atoms with Crippen LogP contribution in [0.3, 0.4) is 0 Å². The lowest BCUT2D eigenvalue weighted by molar-refractivity contribution is 0.0935. The first-order chi connectivity index (χ1) is 7.12. The topological polar surface area (TPSA) is 70.1 Å². The molecule has 0 atom stereocenters. The van der Waals surface area contributed by atoms with Crippen LogP contribution in [0.15, 0.2) is 6.20 Å². The number of hydrogen-bond acceptors (Lipinski definition) is 4. The Balaban J connectivity index is 2.40. The van der Waals surface area contributed by atoms with Gasteiger partial charge >= 0.3 is 0 Å². The van der Waals surface area contributed by atoms with E-state index in [2.05, 4.69) is 5.10 Å². The van der Waals surface area contributed by atoms with E-state index in [1.807, 2.05) is 6.92 Å². The molecule has 1 aliphatic rings. The monoisotopic (exact) mass is 209 g/mol. The number of Topliss-reactive ketones (excluding diaryl/α,β-unsaturated/α-hetero) is 1. The highest BCUT2D eigenvalue weighted by atomic mass is 16.5. The van der Waals surface area contributed by atoms with E-state index in [9.17, 15) is 4.79 Å². The van der Waals surface area contributed by atoms with Gasteiger partial charge in [-0.05, 0) is 19.8 Å².